The molecule has 0 heterocycles. The second-order valence-corrected chi connectivity index (χ2v) is 6.38. The first kappa shape index (κ1) is 16.3. The van der Waals surface area contributed by atoms with Gasteiger partial charge in [0.05, 0.1) is 0 Å². The maximum atomic E-state index is 12.2. The van der Waals surface area contributed by atoms with Crippen LogP contribution in [0.1, 0.15) is 45.7 Å². The maximum absolute atomic E-state index is 12.2. The number of carbonyl (C=O) groups is 1. The summed E-state index contributed by atoms with van der Waals surface area (Å²) >= 11 is 0. The van der Waals surface area contributed by atoms with Crippen molar-refractivity contribution in [2.45, 2.75) is 59.7 Å². The minimum atomic E-state index is -0.515. The van der Waals surface area contributed by atoms with Gasteiger partial charge in [0.15, 0.2) is 0 Å². The van der Waals surface area contributed by atoms with Crippen LogP contribution < -0.4 is 0 Å². The zero-order chi connectivity index (χ0) is 15.5. The molecule has 1 amide bonds. The van der Waals surface area contributed by atoms with Gasteiger partial charge in [0.1, 0.15) is 11.4 Å². The molecule has 4 heteroatoms. The molecule has 0 aliphatic heterocycles. The van der Waals surface area contributed by atoms with Gasteiger partial charge in [-0.25, -0.2) is 4.79 Å². The van der Waals surface area contributed by atoms with E-state index < -0.39 is 5.60 Å². The van der Waals surface area contributed by atoms with Gasteiger partial charge < -0.3 is 14.7 Å². The fourth-order valence-electron chi connectivity index (χ4n) is 1.91. The Kier molecular flexibility index (Phi) is 5.03. The van der Waals surface area contributed by atoms with E-state index in [9.17, 15) is 9.90 Å². The van der Waals surface area contributed by atoms with E-state index in [-0.39, 0.29) is 17.9 Å². The molecule has 20 heavy (non-hydrogen) atoms. The van der Waals surface area contributed by atoms with E-state index in [1.54, 1.807) is 17.0 Å². The number of benzene rings is 1. The molecule has 0 fully saturated rings. The number of hydrogen-bond donors (Lipinski definition) is 1. The summed E-state index contributed by atoms with van der Waals surface area (Å²) in [6, 6.07) is 5.34. The first-order valence-corrected chi connectivity index (χ1v) is 6.87. The molecule has 1 aromatic rings. The Hall–Kier alpha value is -1.71. The van der Waals surface area contributed by atoms with Crippen LogP contribution >= 0.6 is 0 Å². The van der Waals surface area contributed by atoms with Crippen molar-refractivity contribution in [3.8, 4) is 5.75 Å². The molecule has 0 bridgehead atoms. The largest absolute Gasteiger partial charge is 0.508 e. The molecule has 0 unspecified atom stereocenters. The van der Waals surface area contributed by atoms with Crippen molar-refractivity contribution in [1.29, 1.82) is 0 Å². The zero-order valence-electron chi connectivity index (χ0n) is 13.2. The number of ether oxygens (including phenoxy) is 1. The van der Waals surface area contributed by atoms with Crippen LogP contribution in [0, 0.1) is 6.92 Å². The number of amides is 1. The Bertz CT molecular complexity index is 455. The third kappa shape index (κ3) is 5.11. The summed E-state index contributed by atoms with van der Waals surface area (Å²) < 4.78 is 5.42. The Morgan fingerprint density at radius 1 is 1.30 bits per heavy atom. The van der Waals surface area contributed by atoms with E-state index in [1.807, 2.05) is 47.6 Å². The van der Waals surface area contributed by atoms with Crippen molar-refractivity contribution < 1.29 is 14.6 Å². The number of aromatic hydroxyl groups is 1. The average molecular weight is 279 g/mol. The molecule has 0 aromatic heterocycles. The molecule has 0 saturated carbocycles. The van der Waals surface area contributed by atoms with Gasteiger partial charge in [-0.05, 0) is 64.8 Å². The van der Waals surface area contributed by atoms with Crippen LogP contribution in [0.25, 0.3) is 0 Å². The van der Waals surface area contributed by atoms with E-state index in [2.05, 4.69) is 0 Å². The monoisotopic (exact) mass is 279 g/mol. The molecule has 112 valence electrons. The highest BCUT2D eigenvalue weighted by atomic mass is 16.6. The van der Waals surface area contributed by atoms with E-state index in [1.165, 1.54) is 0 Å². The number of carbonyl (C=O) groups excluding carboxylic acids is 1. The summed E-state index contributed by atoms with van der Waals surface area (Å²) in [7, 11) is 0. The van der Waals surface area contributed by atoms with Gasteiger partial charge in [-0.1, -0.05) is 6.07 Å². The summed E-state index contributed by atoms with van der Waals surface area (Å²) in [4.78, 5) is 13.9. The van der Waals surface area contributed by atoms with Crippen LogP contribution in [0.5, 0.6) is 5.75 Å². The van der Waals surface area contributed by atoms with Crippen LogP contribution in [0.4, 0.5) is 4.79 Å². The number of phenolic OH excluding ortho intramolecular Hbond substituents is 1. The van der Waals surface area contributed by atoms with Crippen molar-refractivity contribution in [3.63, 3.8) is 0 Å². The topological polar surface area (TPSA) is 49.8 Å². The third-order valence-electron chi connectivity index (χ3n) is 2.73. The van der Waals surface area contributed by atoms with Crippen LogP contribution in [0.3, 0.4) is 0 Å². The smallest absolute Gasteiger partial charge is 0.410 e. The Morgan fingerprint density at radius 2 is 1.90 bits per heavy atom. The summed E-state index contributed by atoms with van der Waals surface area (Å²) in [5.41, 5.74) is 1.34. The maximum Gasteiger partial charge on any atom is 0.410 e. The first-order chi connectivity index (χ1) is 9.08. The minimum absolute atomic E-state index is 0.0208. The first-order valence-electron chi connectivity index (χ1n) is 6.87. The summed E-state index contributed by atoms with van der Waals surface area (Å²) in [5.74, 6) is 0.216. The van der Waals surface area contributed by atoms with E-state index in [0.29, 0.717) is 6.54 Å². The fraction of sp³-hybridized carbons (Fsp3) is 0.562. The third-order valence-corrected chi connectivity index (χ3v) is 2.73. The molecule has 0 spiro atoms. The summed E-state index contributed by atoms with van der Waals surface area (Å²) in [6.07, 6.45) is -0.339. The number of nitrogens with zero attached hydrogens (tertiary/aromatic N) is 1. The molecular formula is C16H25NO3. The lowest BCUT2D eigenvalue weighted by molar-refractivity contribution is 0.0171. The quantitative estimate of drug-likeness (QED) is 0.914. The van der Waals surface area contributed by atoms with Crippen LogP contribution in [0.15, 0.2) is 18.2 Å². The van der Waals surface area contributed by atoms with Gasteiger partial charge >= 0.3 is 6.09 Å². The second kappa shape index (κ2) is 6.16. The molecule has 0 atom stereocenters. The van der Waals surface area contributed by atoms with Gasteiger partial charge in [0, 0.05) is 12.6 Å². The summed E-state index contributed by atoms with van der Waals surface area (Å²) in [5, 5.41) is 9.64. The van der Waals surface area contributed by atoms with Crippen molar-refractivity contribution in [2.24, 2.45) is 0 Å². The minimum Gasteiger partial charge on any atom is -0.508 e. The highest BCUT2D eigenvalue weighted by molar-refractivity contribution is 5.68. The van der Waals surface area contributed by atoms with E-state index in [4.69, 9.17) is 4.74 Å². The predicted molar refractivity (Wildman–Crippen MR) is 79.8 cm³/mol. The molecule has 0 aliphatic carbocycles. The van der Waals surface area contributed by atoms with Gasteiger partial charge in [-0.2, -0.15) is 0 Å². The number of phenols is 1. The molecule has 1 aromatic carbocycles. The normalized spacial score (nSPS) is 11.6. The van der Waals surface area contributed by atoms with Crippen LogP contribution in [-0.2, 0) is 11.3 Å². The lowest BCUT2D eigenvalue weighted by Crippen LogP contribution is -2.40. The highest BCUT2D eigenvalue weighted by Crippen LogP contribution is 2.19. The Labute approximate surface area is 121 Å². The number of rotatable bonds is 3. The van der Waals surface area contributed by atoms with Gasteiger partial charge in [-0.15, -0.1) is 0 Å². The van der Waals surface area contributed by atoms with Crippen molar-refractivity contribution in [2.75, 3.05) is 0 Å². The van der Waals surface area contributed by atoms with Gasteiger partial charge in [0.2, 0.25) is 0 Å². The van der Waals surface area contributed by atoms with Crippen molar-refractivity contribution in [3.05, 3.63) is 29.3 Å². The predicted octanol–water partition coefficient (Wildman–Crippen LogP) is 3.85. The highest BCUT2D eigenvalue weighted by Gasteiger charge is 2.24. The van der Waals surface area contributed by atoms with E-state index >= 15 is 0 Å². The average Bonchev–Trinajstić information content (AvgIpc) is 2.21. The van der Waals surface area contributed by atoms with Crippen molar-refractivity contribution >= 4 is 6.09 Å². The standard InChI is InChI=1S/C16H25NO3/c1-11(2)17(15(19)20-16(4,5)6)10-13-7-12(3)8-14(18)9-13/h7-9,11,18H,10H2,1-6H3. The number of hydrogen-bond acceptors (Lipinski definition) is 3. The second-order valence-electron chi connectivity index (χ2n) is 6.38. The SMILES string of the molecule is Cc1cc(O)cc(CN(C(=O)OC(C)(C)C)C(C)C)c1. The van der Waals surface area contributed by atoms with Crippen LogP contribution in [0.2, 0.25) is 0 Å². The molecule has 0 saturated heterocycles. The molecule has 0 radical (unpaired) electrons. The van der Waals surface area contributed by atoms with Gasteiger partial charge in [0.25, 0.3) is 0 Å². The fourth-order valence-corrected chi connectivity index (χ4v) is 1.91. The van der Waals surface area contributed by atoms with E-state index in [0.717, 1.165) is 11.1 Å². The lowest BCUT2D eigenvalue weighted by Gasteiger charge is -2.30. The van der Waals surface area contributed by atoms with Crippen molar-refractivity contribution in [1.82, 2.24) is 4.90 Å². The molecule has 1 rings (SSSR count). The zero-order valence-corrected chi connectivity index (χ0v) is 13.2. The Morgan fingerprint density at radius 3 is 2.35 bits per heavy atom. The molecule has 0 aliphatic rings. The molecule has 4 nitrogen and oxygen atoms in total. The lowest BCUT2D eigenvalue weighted by atomic mass is 10.1. The van der Waals surface area contributed by atoms with Gasteiger partial charge in [-0.3, -0.25) is 0 Å². The van der Waals surface area contributed by atoms with Crippen LogP contribution in [-0.4, -0.2) is 27.7 Å². The Balaban J connectivity index is 2.90. The molecular weight excluding hydrogens is 254 g/mol. The number of aryl methyl sites for hydroxylation is 1. The molecule has 1 N–H and O–H groups in total. The summed E-state index contributed by atoms with van der Waals surface area (Å²) in [6.45, 7) is 11.8.